The lowest BCUT2D eigenvalue weighted by Crippen LogP contribution is -2.37. The van der Waals surface area contributed by atoms with Crippen LogP contribution >= 0.6 is 11.3 Å². The van der Waals surface area contributed by atoms with E-state index in [1.54, 1.807) is 11.3 Å². The topological polar surface area (TPSA) is 30.3 Å². The lowest BCUT2D eigenvalue weighted by molar-refractivity contribution is -0.137. The summed E-state index contributed by atoms with van der Waals surface area (Å²) >= 11 is 1.54. The summed E-state index contributed by atoms with van der Waals surface area (Å²) in [7, 11) is 0. The predicted octanol–water partition coefficient (Wildman–Crippen LogP) is 4.51. The molecule has 1 aromatic carbocycles. The molecule has 0 radical (unpaired) electrons. The highest BCUT2D eigenvalue weighted by Crippen LogP contribution is 2.34. The first-order valence-corrected chi connectivity index (χ1v) is 9.82. The Labute approximate surface area is 159 Å². The summed E-state index contributed by atoms with van der Waals surface area (Å²) in [5.74, 6) is 0.737. The molecule has 0 atom stereocenters. The second-order valence-electron chi connectivity index (χ2n) is 6.57. The van der Waals surface area contributed by atoms with Crippen molar-refractivity contribution in [2.45, 2.75) is 19.1 Å². The molecule has 0 saturated carbocycles. The number of nitrogens with zero attached hydrogens (tertiary/aromatic N) is 3. The minimum atomic E-state index is -4.36. The van der Waals surface area contributed by atoms with Crippen LogP contribution < -0.4 is 0 Å². The lowest BCUT2D eigenvalue weighted by Gasteiger charge is -2.26. The highest BCUT2D eigenvalue weighted by Gasteiger charge is 2.31. The molecular weight excluding hydrogens is 375 g/mol. The fourth-order valence-electron chi connectivity index (χ4n) is 3.40. The van der Waals surface area contributed by atoms with E-state index in [1.807, 2.05) is 22.1 Å². The number of aromatic nitrogens is 2. The van der Waals surface area contributed by atoms with Crippen molar-refractivity contribution in [3.05, 3.63) is 41.3 Å². The van der Waals surface area contributed by atoms with Crippen LogP contribution in [-0.4, -0.2) is 47.3 Å². The molecule has 1 saturated heterocycles. The summed E-state index contributed by atoms with van der Waals surface area (Å²) in [4.78, 5) is 7.85. The summed E-state index contributed by atoms with van der Waals surface area (Å²) in [5, 5.41) is 1.95. The number of halogens is 3. The van der Waals surface area contributed by atoms with Crippen molar-refractivity contribution in [3.8, 4) is 10.7 Å². The Morgan fingerprint density at radius 2 is 1.93 bits per heavy atom. The van der Waals surface area contributed by atoms with Gasteiger partial charge in [0.25, 0.3) is 0 Å². The highest BCUT2D eigenvalue weighted by atomic mass is 32.1. The fourth-order valence-corrected chi connectivity index (χ4v) is 4.13. The molecule has 0 amide bonds. The van der Waals surface area contributed by atoms with E-state index >= 15 is 0 Å². The number of benzene rings is 1. The normalized spacial score (nSPS) is 16.3. The molecule has 8 heteroatoms. The first-order chi connectivity index (χ1) is 13.0. The molecule has 144 valence electrons. The lowest BCUT2D eigenvalue weighted by atomic mass is 10.2. The Bertz CT molecular complexity index is 899. The van der Waals surface area contributed by atoms with Crippen molar-refractivity contribution in [1.29, 1.82) is 0 Å². The Morgan fingerprint density at radius 1 is 1.11 bits per heavy atom. The van der Waals surface area contributed by atoms with Crippen LogP contribution in [-0.2, 0) is 17.5 Å². The molecule has 0 unspecified atom stereocenters. The van der Waals surface area contributed by atoms with Gasteiger partial charge in [-0.3, -0.25) is 4.90 Å². The molecule has 1 aliphatic heterocycles. The van der Waals surface area contributed by atoms with E-state index < -0.39 is 11.7 Å². The third-order valence-electron chi connectivity index (χ3n) is 4.78. The van der Waals surface area contributed by atoms with Gasteiger partial charge in [0, 0.05) is 26.2 Å². The van der Waals surface area contributed by atoms with Crippen LogP contribution in [0.2, 0.25) is 0 Å². The molecule has 0 aliphatic carbocycles. The Kier molecular flexibility index (Phi) is 5.21. The number of hydrogen-bond donors (Lipinski definition) is 0. The molecule has 2 aromatic heterocycles. The predicted molar refractivity (Wildman–Crippen MR) is 99.9 cm³/mol. The van der Waals surface area contributed by atoms with Crippen LogP contribution in [0.25, 0.3) is 21.7 Å². The molecule has 3 heterocycles. The maximum Gasteiger partial charge on any atom is 0.416 e. The standard InChI is InChI=1S/C19H20F3N3OS/c20-19(21,22)14-4-5-16-15(13-14)23-18(17-3-1-12-27-17)25(16)7-2-6-24-8-10-26-11-9-24/h1,3-5,12-13H,2,6-11H2. The number of aryl methyl sites for hydroxylation is 1. The summed E-state index contributed by atoms with van der Waals surface area (Å²) in [6.45, 7) is 5.03. The van der Waals surface area contributed by atoms with Gasteiger partial charge in [0.2, 0.25) is 0 Å². The van der Waals surface area contributed by atoms with Gasteiger partial charge in [0.05, 0.1) is 34.7 Å². The van der Waals surface area contributed by atoms with Gasteiger partial charge in [-0.1, -0.05) is 6.07 Å². The second kappa shape index (κ2) is 7.61. The minimum Gasteiger partial charge on any atom is -0.379 e. The van der Waals surface area contributed by atoms with E-state index in [9.17, 15) is 13.2 Å². The Hall–Kier alpha value is -1.90. The van der Waals surface area contributed by atoms with Crippen LogP contribution in [0.5, 0.6) is 0 Å². The van der Waals surface area contributed by atoms with Crippen molar-refractivity contribution in [3.63, 3.8) is 0 Å². The van der Waals surface area contributed by atoms with E-state index in [0.29, 0.717) is 12.1 Å². The number of imidazole rings is 1. The van der Waals surface area contributed by atoms with Gasteiger partial charge in [0.1, 0.15) is 0 Å². The van der Waals surface area contributed by atoms with Crippen LogP contribution in [0.3, 0.4) is 0 Å². The third-order valence-corrected chi connectivity index (χ3v) is 5.64. The van der Waals surface area contributed by atoms with Crippen LogP contribution in [0.15, 0.2) is 35.7 Å². The smallest absolute Gasteiger partial charge is 0.379 e. The first kappa shape index (κ1) is 18.5. The third kappa shape index (κ3) is 4.02. The van der Waals surface area contributed by atoms with Gasteiger partial charge in [-0.2, -0.15) is 13.2 Å². The number of rotatable bonds is 5. The van der Waals surface area contributed by atoms with E-state index in [1.165, 1.54) is 6.07 Å². The van der Waals surface area contributed by atoms with Gasteiger partial charge in [-0.15, -0.1) is 11.3 Å². The largest absolute Gasteiger partial charge is 0.416 e. The van der Waals surface area contributed by atoms with Gasteiger partial charge in [-0.25, -0.2) is 4.98 Å². The van der Waals surface area contributed by atoms with Crippen LogP contribution in [0, 0.1) is 0 Å². The fraction of sp³-hybridized carbons (Fsp3) is 0.421. The molecule has 4 nitrogen and oxygen atoms in total. The maximum absolute atomic E-state index is 13.1. The number of thiophene rings is 1. The molecule has 27 heavy (non-hydrogen) atoms. The van der Waals surface area contributed by atoms with Crippen molar-refractivity contribution >= 4 is 22.4 Å². The van der Waals surface area contributed by atoms with E-state index in [-0.39, 0.29) is 0 Å². The van der Waals surface area contributed by atoms with Crippen molar-refractivity contribution in [2.24, 2.45) is 0 Å². The SMILES string of the molecule is FC(F)(F)c1ccc2c(c1)nc(-c1cccs1)n2CCCN1CCOCC1. The average Bonchev–Trinajstić information content (AvgIpc) is 3.29. The monoisotopic (exact) mass is 395 g/mol. The summed E-state index contributed by atoms with van der Waals surface area (Å²) in [6, 6.07) is 7.70. The molecule has 4 rings (SSSR count). The van der Waals surface area contributed by atoms with Crippen molar-refractivity contribution in [2.75, 3.05) is 32.8 Å². The molecule has 0 N–H and O–H groups in total. The zero-order valence-corrected chi connectivity index (χ0v) is 15.5. The molecule has 1 fully saturated rings. The molecule has 3 aromatic rings. The van der Waals surface area contributed by atoms with Crippen molar-refractivity contribution < 1.29 is 17.9 Å². The van der Waals surface area contributed by atoms with Crippen LogP contribution in [0.4, 0.5) is 13.2 Å². The van der Waals surface area contributed by atoms with Gasteiger partial charge < -0.3 is 9.30 Å². The van der Waals surface area contributed by atoms with E-state index in [4.69, 9.17) is 4.74 Å². The summed E-state index contributed by atoms with van der Waals surface area (Å²) in [6.07, 6.45) is -3.46. The molecule has 0 bridgehead atoms. The van der Waals surface area contributed by atoms with Gasteiger partial charge in [-0.05, 0) is 36.1 Å². The molecule has 0 spiro atoms. The average molecular weight is 395 g/mol. The van der Waals surface area contributed by atoms with Gasteiger partial charge >= 0.3 is 6.18 Å². The molecule has 1 aliphatic rings. The zero-order chi connectivity index (χ0) is 18.9. The van der Waals surface area contributed by atoms with E-state index in [0.717, 1.165) is 67.6 Å². The second-order valence-corrected chi connectivity index (χ2v) is 7.52. The summed E-state index contributed by atoms with van der Waals surface area (Å²) < 4.78 is 46.6. The summed E-state index contributed by atoms with van der Waals surface area (Å²) in [5.41, 5.74) is 0.471. The molecular formula is C19H20F3N3OS. The van der Waals surface area contributed by atoms with Crippen LogP contribution in [0.1, 0.15) is 12.0 Å². The number of fused-ring (bicyclic) bond motifs is 1. The maximum atomic E-state index is 13.1. The quantitative estimate of drug-likeness (QED) is 0.637. The Balaban J connectivity index is 1.63. The highest BCUT2D eigenvalue weighted by molar-refractivity contribution is 7.13. The van der Waals surface area contributed by atoms with Gasteiger partial charge in [0.15, 0.2) is 5.82 Å². The Morgan fingerprint density at radius 3 is 2.63 bits per heavy atom. The number of hydrogen-bond acceptors (Lipinski definition) is 4. The number of ether oxygens (including phenoxy) is 1. The number of morpholine rings is 1. The zero-order valence-electron chi connectivity index (χ0n) is 14.7. The first-order valence-electron chi connectivity index (χ1n) is 8.94. The van der Waals surface area contributed by atoms with Crippen molar-refractivity contribution in [1.82, 2.24) is 14.5 Å². The number of alkyl halides is 3. The minimum absolute atomic E-state index is 0.389. The van der Waals surface area contributed by atoms with E-state index in [2.05, 4.69) is 9.88 Å².